The van der Waals surface area contributed by atoms with Crippen molar-refractivity contribution in [3.05, 3.63) is 95.0 Å². The number of aromatic amines is 2. The molecular formula is C21H19ClN8O5. The third-order valence-electron chi connectivity index (χ3n) is 5.30. The quantitative estimate of drug-likeness (QED) is 0.261. The van der Waals surface area contributed by atoms with Crippen LogP contribution >= 0.6 is 11.6 Å². The Hall–Kier alpha value is -4.52. The highest BCUT2D eigenvalue weighted by molar-refractivity contribution is 6.30. The number of carbonyl (C=O) groups excluding carboxylic acids is 1. The van der Waals surface area contributed by atoms with Crippen molar-refractivity contribution in [1.29, 1.82) is 0 Å². The fourth-order valence-electron chi connectivity index (χ4n) is 3.62. The van der Waals surface area contributed by atoms with E-state index in [4.69, 9.17) is 17.4 Å². The highest BCUT2D eigenvalue weighted by Crippen LogP contribution is 2.16. The molecule has 2 heterocycles. The lowest BCUT2D eigenvalue weighted by atomic mass is 10.2. The zero-order valence-corrected chi connectivity index (χ0v) is 19.0. The largest absolute Gasteiger partial charge is 0.354 e. The van der Waals surface area contributed by atoms with Crippen LogP contribution < -0.4 is 28.5 Å². The maximum Gasteiger partial charge on any atom is 0.354 e. The van der Waals surface area contributed by atoms with Gasteiger partial charge in [-0.2, -0.15) is 4.68 Å². The molecule has 0 unspecified atom stereocenters. The van der Waals surface area contributed by atoms with Gasteiger partial charge in [0.15, 0.2) is 0 Å². The van der Waals surface area contributed by atoms with Crippen LogP contribution in [-0.4, -0.2) is 29.7 Å². The Balaban J connectivity index is 1.96. The molecule has 1 atom stereocenters. The topological polar surface area (TPSA) is 182 Å². The number of halogens is 1. The zero-order chi connectivity index (χ0) is 25.3. The number of benzene rings is 2. The smallest absolute Gasteiger partial charge is 0.332 e. The first-order chi connectivity index (χ1) is 16.7. The Morgan fingerprint density at radius 2 is 1.74 bits per heavy atom. The van der Waals surface area contributed by atoms with Crippen LogP contribution in [0.1, 0.15) is 24.9 Å². The number of fused-ring (bicyclic) bond motifs is 1. The normalized spacial score (nSPS) is 12.7. The van der Waals surface area contributed by atoms with Crippen molar-refractivity contribution in [3.63, 3.8) is 0 Å². The van der Waals surface area contributed by atoms with Crippen LogP contribution in [0.3, 0.4) is 0 Å². The molecular weight excluding hydrogens is 480 g/mol. The van der Waals surface area contributed by atoms with Crippen LogP contribution in [0, 0.1) is 4.91 Å². The van der Waals surface area contributed by atoms with E-state index < -0.39 is 35.4 Å². The number of amides is 1. The molecule has 13 nitrogen and oxygen atoms in total. The number of nitrogen functional groups attached to an aromatic ring is 1. The van der Waals surface area contributed by atoms with Crippen LogP contribution in [0.4, 0.5) is 5.69 Å². The number of rotatable bonds is 6. The molecule has 0 spiro atoms. The second kappa shape index (κ2) is 9.38. The number of imidazole rings is 1. The SMILES string of the molecule is C[C@@H](CC(=O)N=O)n1c(=O)n(N)c(=Nc2ccc3[nH]c(=O)[nH]c3c2)n(Cc2ccc(Cl)cc2)c1=O. The Morgan fingerprint density at radius 1 is 1.06 bits per heavy atom. The molecule has 35 heavy (non-hydrogen) atoms. The average molecular weight is 499 g/mol. The molecule has 4 rings (SSSR count). The number of H-pyrrole nitrogens is 2. The molecule has 0 aliphatic heterocycles. The maximum atomic E-state index is 13.4. The van der Waals surface area contributed by atoms with Crippen LogP contribution in [0.15, 0.2) is 67.0 Å². The predicted molar refractivity (Wildman–Crippen MR) is 128 cm³/mol. The number of nitrogens with zero attached hydrogens (tertiary/aromatic N) is 5. The molecule has 14 heteroatoms. The van der Waals surface area contributed by atoms with Crippen LogP contribution in [0.5, 0.6) is 0 Å². The monoisotopic (exact) mass is 498 g/mol. The average Bonchev–Trinajstić information content (AvgIpc) is 3.20. The lowest BCUT2D eigenvalue weighted by Gasteiger charge is -2.17. The molecule has 4 aromatic rings. The Morgan fingerprint density at radius 3 is 2.43 bits per heavy atom. The first kappa shape index (κ1) is 23.6. The Kier molecular flexibility index (Phi) is 6.34. The van der Waals surface area contributed by atoms with E-state index in [1.165, 1.54) is 6.92 Å². The maximum absolute atomic E-state index is 13.4. The molecule has 1 amide bonds. The number of hydrogen-bond acceptors (Lipinski definition) is 7. The summed E-state index contributed by atoms with van der Waals surface area (Å²) in [5.41, 5.74) is -0.351. The molecule has 0 saturated heterocycles. The van der Waals surface area contributed by atoms with Crippen molar-refractivity contribution < 1.29 is 4.79 Å². The lowest BCUT2D eigenvalue weighted by Crippen LogP contribution is -2.58. The molecule has 2 aromatic heterocycles. The van der Waals surface area contributed by atoms with Gasteiger partial charge in [0, 0.05) is 16.2 Å². The Labute approximate surface area is 200 Å². The van der Waals surface area contributed by atoms with Crippen molar-refractivity contribution in [3.8, 4) is 0 Å². The van der Waals surface area contributed by atoms with Crippen molar-refractivity contribution in [2.75, 3.05) is 5.84 Å². The van der Waals surface area contributed by atoms with Gasteiger partial charge in [-0.15, -0.1) is 4.91 Å². The molecule has 4 N–H and O–H groups in total. The van der Waals surface area contributed by atoms with Gasteiger partial charge in [-0.25, -0.2) is 23.9 Å². The Bertz CT molecular complexity index is 1690. The van der Waals surface area contributed by atoms with Crippen molar-refractivity contribution >= 4 is 34.2 Å². The highest BCUT2D eigenvalue weighted by Gasteiger charge is 2.20. The summed E-state index contributed by atoms with van der Waals surface area (Å²) < 4.78 is 2.60. The van der Waals surface area contributed by atoms with E-state index in [1.807, 2.05) is 0 Å². The summed E-state index contributed by atoms with van der Waals surface area (Å²) >= 11 is 5.96. The minimum absolute atomic E-state index is 0.0395. The van der Waals surface area contributed by atoms with Gasteiger partial charge in [0.2, 0.25) is 5.62 Å². The highest BCUT2D eigenvalue weighted by atomic mass is 35.5. The van der Waals surface area contributed by atoms with E-state index >= 15 is 0 Å². The van der Waals surface area contributed by atoms with Crippen molar-refractivity contribution in [2.45, 2.75) is 25.9 Å². The van der Waals surface area contributed by atoms with Gasteiger partial charge in [0.25, 0.3) is 5.91 Å². The van der Waals surface area contributed by atoms with Gasteiger partial charge in [-0.1, -0.05) is 23.7 Å². The summed E-state index contributed by atoms with van der Waals surface area (Å²) in [4.78, 5) is 69.7. The summed E-state index contributed by atoms with van der Waals surface area (Å²) in [7, 11) is 0. The summed E-state index contributed by atoms with van der Waals surface area (Å²) in [6, 6.07) is 10.4. The predicted octanol–water partition coefficient (Wildman–Crippen LogP) is 0.873. The molecule has 0 aliphatic carbocycles. The van der Waals surface area contributed by atoms with E-state index in [0.717, 1.165) is 9.13 Å². The molecule has 2 aromatic carbocycles. The zero-order valence-electron chi connectivity index (χ0n) is 18.3. The first-order valence-electron chi connectivity index (χ1n) is 10.3. The lowest BCUT2D eigenvalue weighted by molar-refractivity contribution is -0.118. The molecule has 0 fully saturated rings. The van der Waals surface area contributed by atoms with Crippen LogP contribution in [-0.2, 0) is 11.3 Å². The van der Waals surface area contributed by atoms with Gasteiger partial charge in [0.05, 0.1) is 29.7 Å². The van der Waals surface area contributed by atoms with E-state index in [2.05, 4.69) is 20.1 Å². The van der Waals surface area contributed by atoms with E-state index in [1.54, 1.807) is 42.5 Å². The summed E-state index contributed by atoms with van der Waals surface area (Å²) in [5, 5.41) is 2.82. The molecule has 180 valence electrons. The number of nitrogens with one attached hydrogen (secondary N) is 2. The van der Waals surface area contributed by atoms with E-state index in [-0.39, 0.29) is 12.2 Å². The van der Waals surface area contributed by atoms with Crippen LogP contribution in [0.2, 0.25) is 5.02 Å². The van der Waals surface area contributed by atoms with E-state index in [9.17, 15) is 24.1 Å². The standard InChI is InChI=1S/C21H19ClN8O5/c1-11(8-17(31)27-35)29-20(33)28(10-12-2-4-13(22)5-3-12)19(30(23)21(29)34)24-14-6-7-15-16(9-14)26-18(32)25-15/h2-7,9,11H,8,10,23H2,1H3,(H2,25,26,32)/t11-/m0/s1. The molecule has 0 bridgehead atoms. The summed E-state index contributed by atoms with van der Waals surface area (Å²) in [6.45, 7) is 1.38. The number of nitrogens with two attached hydrogens (primary N) is 1. The third-order valence-corrected chi connectivity index (χ3v) is 5.55. The van der Waals surface area contributed by atoms with E-state index in [0.29, 0.717) is 32.0 Å². The van der Waals surface area contributed by atoms with Gasteiger partial charge >= 0.3 is 17.1 Å². The minimum atomic E-state index is -1.01. The number of carbonyl (C=O) groups is 1. The summed E-state index contributed by atoms with van der Waals surface area (Å²) in [5.74, 6) is 5.06. The second-order valence-corrected chi connectivity index (χ2v) is 8.21. The molecule has 0 radical (unpaired) electrons. The molecule has 0 saturated carbocycles. The minimum Gasteiger partial charge on any atom is -0.332 e. The first-order valence-corrected chi connectivity index (χ1v) is 10.7. The van der Waals surface area contributed by atoms with Gasteiger partial charge < -0.3 is 15.8 Å². The number of nitroso groups, excluding NO2 is 1. The fraction of sp³-hybridized carbons (Fsp3) is 0.190. The van der Waals surface area contributed by atoms with Gasteiger partial charge in [-0.05, 0) is 42.8 Å². The van der Waals surface area contributed by atoms with Crippen molar-refractivity contribution in [2.24, 2.45) is 10.2 Å². The fourth-order valence-corrected chi connectivity index (χ4v) is 3.74. The van der Waals surface area contributed by atoms with Crippen molar-refractivity contribution in [1.82, 2.24) is 23.8 Å². The second-order valence-electron chi connectivity index (χ2n) is 7.78. The third kappa shape index (κ3) is 4.75. The van der Waals surface area contributed by atoms with Gasteiger partial charge in [0.1, 0.15) is 0 Å². The number of hydrogen-bond donors (Lipinski definition) is 3. The molecule has 0 aliphatic rings. The summed E-state index contributed by atoms with van der Waals surface area (Å²) in [6.07, 6.45) is -0.465. The number of aromatic nitrogens is 5. The van der Waals surface area contributed by atoms with Gasteiger partial charge in [-0.3, -0.25) is 9.36 Å². The van der Waals surface area contributed by atoms with Crippen LogP contribution in [0.25, 0.3) is 11.0 Å².